The summed E-state index contributed by atoms with van der Waals surface area (Å²) in [6.45, 7) is 3.59. The average molecular weight is 347 g/mol. The first-order valence-corrected chi connectivity index (χ1v) is 8.31. The Kier molecular flexibility index (Phi) is 4.50. The van der Waals surface area contributed by atoms with E-state index < -0.39 is 6.10 Å². The Bertz CT molecular complexity index is 830. The molecule has 1 N–H and O–H groups in total. The van der Waals surface area contributed by atoms with Gasteiger partial charge in [-0.25, -0.2) is 4.98 Å². The topological polar surface area (TPSA) is 51.2 Å². The number of carbonyl (C=O) groups is 1. The second kappa shape index (κ2) is 6.56. The van der Waals surface area contributed by atoms with Crippen LogP contribution in [0, 0.1) is 6.92 Å². The third kappa shape index (κ3) is 3.63. The smallest absolute Gasteiger partial charge is 0.266 e. The number of benzene rings is 2. The zero-order valence-corrected chi connectivity index (χ0v) is 14.2. The van der Waals surface area contributed by atoms with Crippen LogP contribution in [0.25, 0.3) is 10.2 Å². The molecule has 118 valence electrons. The predicted octanol–water partition coefficient (Wildman–Crippen LogP) is 4.66. The van der Waals surface area contributed by atoms with E-state index in [0.29, 0.717) is 15.9 Å². The average Bonchev–Trinajstić information content (AvgIpc) is 2.93. The molecule has 0 saturated carbocycles. The summed E-state index contributed by atoms with van der Waals surface area (Å²) in [5, 5.41) is 4.03. The molecule has 0 aliphatic carbocycles. The number of hydrogen-bond acceptors (Lipinski definition) is 4. The SMILES string of the molecule is Cc1cc(O[C@H](C)C(=O)Nc2nc3ccccc3s2)ccc1Cl. The van der Waals surface area contributed by atoms with Gasteiger partial charge >= 0.3 is 0 Å². The molecule has 3 rings (SSSR count). The highest BCUT2D eigenvalue weighted by Gasteiger charge is 2.17. The van der Waals surface area contributed by atoms with Gasteiger partial charge in [-0.3, -0.25) is 10.1 Å². The highest BCUT2D eigenvalue weighted by atomic mass is 35.5. The van der Waals surface area contributed by atoms with Gasteiger partial charge in [0, 0.05) is 5.02 Å². The van der Waals surface area contributed by atoms with Gasteiger partial charge in [0.2, 0.25) is 0 Å². The van der Waals surface area contributed by atoms with Gasteiger partial charge in [-0.2, -0.15) is 0 Å². The second-order valence-electron chi connectivity index (χ2n) is 5.15. The molecule has 1 atom stereocenters. The fourth-order valence-corrected chi connectivity index (χ4v) is 3.07. The highest BCUT2D eigenvalue weighted by Crippen LogP contribution is 2.26. The lowest BCUT2D eigenvalue weighted by molar-refractivity contribution is -0.122. The van der Waals surface area contributed by atoms with Crippen LogP contribution in [0.2, 0.25) is 5.02 Å². The second-order valence-corrected chi connectivity index (χ2v) is 6.58. The van der Waals surface area contributed by atoms with Crippen LogP contribution in [0.5, 0.6) is 5.75 Å². The number of aryl methyl sites for hydroxylation is 1. The standard InChI is InChI=1S/C17H15ClN2O2S/c1-10-9-12(7-8-13(10)18)22-11(2)16(21)20-17-19-14-5-3-4-6-15(14)23-17/h3-9,11H,1-2H3,(H,19,20,21)/t11-/m1/s1. The zero-order chi connectivity index (χ0) is 16.4. The van der Waals surface area contributed by atoms with Crippen LogP contribution in [0.4, 0.5) is 5.13 Å². The first-order chi connectivity index (χ1) is 11.0. The number of carbonyl (C=O) groups excluding carboxylic acids is 1. The molecule has 1 heterocycles. The molecule has 4 nitrogen and oxygen atoms in total. The number of hydrogen-bond donors (Lipinski definition) is 1. The molecule has 0 aliphatic heterocycles. The van der Waals surface area contributed by atoms with Crippen LogP contribution < -0.4 is 10.1 Å². The van der Waals surface area contributed by atoms with Gasteiger partial charge in [0.25, 0.3) is 5.91 Å². The molecule has 0 aliphatic rings. The van der Waals surface area contributed by atoms with Crippen molar-refractivity contribution < 1.29 is 9.53 Å². The van der Waals surface area contributed by atoms with E-state index in [0.717, 1.165) is 15.8 Å². The Balaban J connectivity index is 1.68. The minimum Gasteiger partial charge on any atom is -0.481 e. The number of rotatable bonds is 4. The summed E-state index contributed by atoms with van der Waals surface area (Å²) in [4.78, 5) is 16.6. The van der Waals surface area contributed by atoms with Gasteiger partial charge in [0.05, 0.1) is 10.2 Å². The van der Waals surface area contributed by atoms with Gasteiger partial charge in [0.15, 0.2) is 11.2 Å². The van der Waals surface area contributed by atoms with Crippen LogP contribution >= 0.6 is 22.9 Å². The van der Waals surface area contributed by atoms with E-state index in [4.69, 9.17) is 16.3 Å². The van der Waals surface area contributed by atoms with Crippen molar-refractivity contribution in [3.05, 3.63) is 53.1 Å². The highest BCUT2D eigenvalue weighted by molar-refractivity contribution is 7.22. The number of anilines is 1. The Morgan fingerprint density at radius 3 is 2.83 bits per heavy atom. The summed E-state index contributed by atoms with van der Waals surface area (Å²) >= 11 is 7.42. The molecule has 0 fully saturated rings. The van der Waals surface area contributed by atoms with E-state index in [1.807, 2.05) is 37.3 Å². The Labute approximate surface area is 143 Å². The van der Waals surface area contributed by atoms with Crippen molar-refractivity contribution in [1.82, 2.24) is 4.98 Å². The molecule has 1 amide bonds. The largest absolute Gasteiger partial charge is 0.481 e. The van der Waals surface area contributed by atoms with Crippen molar-refractivity contribution in [3.63, 3.8) is 0 Å². The molecule has 0 saturated heterocycles. The summed E-state index contributed by atoms with van der Waals surface area (Å²) in [7, 11) is 0. The van der Waals surface area contributed by atoms with Crippen LogP contribution in [-0.4, -0.2) is 17.0 Å². The Hall–Kier alpha value is -2.11. The lowest BCUT2D eigenvalue weighted by atomic mass is 10.2. The maximum Gasteiger partial charge on any atom is 0.266 e. The van der Waals surface area contributed by atoms with Gasteiger partial charge < -0.3 is 4.74 Å². The predicted molar refractivity (Wildman–Crippen MR) is 94.5 cm³/mol. The summed E-state index contributed by atoms with van der Waals surface area (Å²) < 4.78 is 6.70. The molecular formula is C17H15ClN2O2S. The number of aromatic nitrogens is 1. The molecule has 3 aromatic rings. The minimum absolute atomic E-state index is 0.239. The van der Waals surface area contributed by atoms with Crippen molar-refractivity contribution in [2.45, 2.75) is 20.0 Å². The molecule has 0 unspecified atom stereocenters. The Morgan fingerprint density at radius 2 is 2.09 bits per heavy atom. The summed E-state index contributed by atoms with van der Waals surface area (Å²) in [6, 6.07) is 13.1. The lowest BCUT2D eigenvalue weighted by Crippen LogP contribution is -2.30. The van der Waals surface area contributed by atoms with Gasteiger partial charge in [-0.15, -0.1) is 0 Å². The molecule has 1 aromatic heterocycles. The summed E-state index contributed by atoms with van der Waals surface area (Å²) in [6.07, 6.45) is -0.636. The molecule has 2 aromatic carbocycles. The van der Waals surface area contributed by atoms with E-state index >= 15 is 0 Å². The number of nitrogens with one attached hydrogen (secondary N) is 1. The van der Waals surface area contributed by atoms with Gasteiger partial charge in [0.1, 0.15) is 5.75 Å². The fourth-order valence-electron chi connectivity index (χ4n) is 2.08. The summed E-state index contributed by atoms with van der Waals surface area (Å²) in [5.74, 6) is 0.371. The van der Waals surface area contributed by atoms with E-state index in [-0.39, 0.29) is 5.91 Å². The first kappa shape index (κ1) is 15.8. The minimum atomic E-state index is -0.636. The number of ether oxygens (including phenoxy) is 1. The fraction of sp³-hybridized carbons (Fsp3) is 0.176. The maximum atomic E-state index is 12.2. The normalized spacial score (nSPS) is 12.1. The van der Waals surface area contributed by atoms with Crippen molar-refractivity contribution in [3.8, 4) is 5.75 Å². The summed E-state index contributed by atoms with van der Waals surface area (Å²) in [5.41, 5.74) is 1.78. The molecule has 23 heavy (non-hydrogen) atoms. The van der Waals surface area contributed by atoms with E-state index in [9.17, 15) is 4.79 Å². The molecule has 0 radical (unpaired) electrons. The van der Waals surface area contributed by atoms with Crippen molar-refractivity contribution in [2.24, 2.45) is 0 Å². The first-order valence-electron chi connectivity index (χ1n) is 7.12. The number of para-hydroxylation sites is 1. The number of thiazole rings is 1. The van der Waals surface area contributed by atoms with Gasteiger partial charge in [-0.1, -0.05) is 35.1 Å². The third-order valence-corrected chi connectivity index (χ3v) is 4.71. The van der Waals surface area contributed by atoms with Crippen molar-refractivity contribution >= 4 is 44.2 Å². The van der Waals surface area contributed by atoms with Crippen LogP contribution in [-0.2, 0) is 4.79 Å². The number of nitrogens with zero attached hydrogens (tertiary/aromatic N) is 1. The number of fused-ring (bicyclic) bond motifs is 1. The quantitative estimate of drug-likeness (QED) is 0.747. The van der Waals surface area contributed by atoms with Crippen molar-refractivity contribution in [1.29, 1.82) is 0 Å². The van der Waals surface area contributed by atoms with Crippen molar-refractivity contribution in [2.75, 3.05) is 5.32 Å². The van der Waals surface area contributed by atoms with E-state index in [1.165, 1.54) is 11.3 Å². The van der Waals surface area contributed by atoms with Crippen LogP contribution in [0.15, 0.2) is 42.5 Å². The molecule has 0 spiro atoms. The van der Waals surface area contributed by atoms with E-state index in [2.05, 4.69) is 10.3 Å². The maximum absolute atomic E-state index is 12.2. The van der Waals surface area contributed by atoms with E-state index in [1.54, 1.807) is 19.1 Å². The third-order valence-electron chi connectivity index (χ3n) is 3.34. The monoisotopic (exact) mass is 346 g/mol. The van der Waals surface area contributed by atoms with Gasteiger partial charge in [-0.05, 0) is 49.7 Å². The Morgan fingerprint density at radius 1 is 1.30 bits per heavy atom. The molecular weight excluding hydrogens is 332 g/mol. The molecule has 0 bridgehead atoms. The lowest BCUT2D eigenvalue weighted by Gasteiger charge is -2.14. The number of amides is 1. The molecule has 6 heteroatoms. The zero-order valence-electron chi connectivity index (χ0n) is 12.7. The van der Waals surface area contributed by atoms with Crippen LogP contribution in [0.3, 0.4) is 0 Å². The number of halogens is 1. The van der Waals surface area contributed by atoms with Crippen LogP contribution in [0.1, 0.15) is 12.5 Å².